The molecule has 23 heavy (non-hydrogen) atoms. The van der Waals surface area contributed by atoms with Crippen molar-refractivity contribution in [2.75, 3.05) is 19.6 Å². The maximum Gasteiger partial charge on any atom is 0.226 e. The number of hydrogen-bond acceptors (Lipinski definition) is 2. The zero-order valence-electron chi connectivity index (χ0n) is 14.1. The van der Waals surface area contributed by atoms with Crippen molar-refractivity contribution < 1.29 is 9.59 Å². The molecule has 2 rings (SSSR count). The minimum atomic E-state index is 0.0670. The van der Waals surface area contributed by atoms with Crippen LogP contribution < -0.4 is 5.32 Å². The molecule has 1 heterocycles. The van der Waals surface area contributed by atoms with Crippen LogP contribution >= 0.6 is 0 Å². The van der Waals surface area contributed by atoms with E-state index in [-0.39, 0.29) is 17.7 Å². The average Bonchev–Trinajstić information content (AvgIpc) is 2.59. The van der Waals surface area contributed by atoms with Crippen molar-refractivity contribution in [1.29, 1.82) is 0 Å². The summed E-state index contributed by atoms with van der Waals surface area (Å²) >= 11 is 0. The molecule has 1 saturated heterocycles. The third-order valence-corrected chi connectivity index (χ3v) is 4.50. The first kappa shape index (κ1) is 17.5. The van der Waals surface area contributed by atoms with E-state index >= 15 is 0 Å². The summed E-state index contributed by atoms with van der Waals surface area (Å²) in [5.41, 5.74) is 1.05. The first-order valence-electron chi connectivity index (χ1n) is 8.80. The van der Waals surface area contributed by atoms with Gasteiger partial charge in [0.05, 0.1) is 6.42 Å². The number of hydrogen-bond donors (Lipinski definition) is 1. The van der Waals surface area contributed by atoms with E-state index in [1.165, 1.54) is 0 Å². The summed E-state index contributed by atoms with van der Waals surface area (Å²) in [6, 6.07) is 9.83. The predicted octanol–water partition coefficient (Wildman–Crippen LogP) is 2.77. The van der Waals surface area contributed by atoms with E-state index < -0.39 is 0 Å². The van der Waals surface area contributed by atoms with Crippen LogP contribution in [0.5, 0.6) is 0 Å². The van der Waals surface area contributed by atoms with E-state index in [1.807, 2.05) is 35.2 Å². The molecule has 4 nitrogen and oxygen atoms in total. The van der Waals surface area contributed by atoms with Gasteiger partial charge in [0.2, 0.25) is 11.8 Å². The molecular formula is C19H28N2O2. The summed E-state index contributed by atoms with van der Waals surface area (Å²) in [6.45, 7) is 4.32. The number of unbranched alkanes of at least 4 members (excludes halogenated alkanes) is 2. The van der Waals surface area contributed by atoms with E-state index in [2.05, 4.69) is 12.2 Å². The predicted molar refractivity (Wildman–Crippen MR) is 92.0 cm³/mol. The normalized spacial score (nSPS) is 15.4. The molecule has 0 bridgehead atoms. The monoisotopic (exact) mass is 316 g/mol. The van der Waals surface area contributed by atoms with Crippen molar-refractivity contribution in [2.24, 2.45) is 5.92 Å². The Kier molecular flexibility index (Phi) is 7.11. The van der Waals surface area contributed by atoms with Gasteiger partial charge in [0.15, 0.2) is 0 Å². The summed E-state index contributed by atoms with van der Waals surface area (Å²) in [4.78, 5) is 26.3. The Morgan fingerprint density at radius 1 is 1.13 bits per heavy atom. The van der Waals surface area contributed by atoms with Crippen LogP contribution in [0.15, 0.2) is 30.3 Å². The number of piperidine rings is 1. The number of carbonyl (C=O) groups is 2. The highest BCUT2D eigenvalue weighted by Gasteiger charge is 2.26. The zero-order chi connectivity index (χ0) is 16.5. The summed E-state index contributed by atoms with van der Waals surface area (Å²) in [5, 5.41) is 3.03. The SMILES string of the molecule is CCCCCNC(=O)C1CCN(C(=O)Cc2ccccc2)CC1. The molecule has 0 aromatic heterocycles. The lowest BCUT2D eigenvalue weighted by Gasteiger charge is -2.31. The van der Waals surface area contributed by atoms with Crippen LogP contribution in [0.4, 0.5) is 0 Å². The molecule has 0 spiro atoms. The van der Waals surface area contributed by atoms with Crippen LogP contribution in [-0.2, 0) is 16.0 Å². The largest absolute Gasteiger partial charge is 0.356 e. The Morgan fingerprint density at radius 3 is 2.48 bits per heavy atom. The third-order valence-electron chi connectivity index (χ3n) is 4.50. The highest BCUT2D eigenvalue weighted by atomic mass is 16.2. The number of carbonyl (C=O) groups excluding carboxylic acids is 2. The minimum absolute atomic E-state index is 0.0670. The van der Waals surface area contributed by atoms with Gasteiger partial charge < -0.3 is 10.2 Å². The molecular weight excluding hydrogens is 288 g/mol. The Bertz CT molecular complexity index is 493. The third kappa shape index (κ3) is 5.70. The molecule has 0 saturated carbocycles. The van der Waals surface area contributed by atoms with Crippen LogP contribution in [0.3, 0.4) is 0 Å². The number of nitrogens with zero attached hydrogens (tertiary/aromatic N) is 1. The molecule has 1 aromatic rings. The summed E-state index contributed by atoms with van der Waals surface area (Å²) in [6.07, 6.45) is 5.39. The van der Waals surface area contributed by atoms with Gasteiger partial charge in [-0.3, -0.25) is 9.59 Å². The first-order valence-corrected chi connectivity index (χ1v) is 8.80. The fourth-order valence-corrected chi connectivity index (χ4v) is 3.00. The number of likely N-dealkylation sites (tertiary alicyclic amines) is 1. The van der Waals surface area contributed by atoms with Crippen LogP contribution in [0, 0.1) is 5.92 Å². The van der Waals surface area contributed by atoms with E-state index in [0.717, 1.165) is 44.2 Å². The van der Waals surface area contributed by atoms with Gasteiger partial charge in [0.25, 0.3) is 0 Å². The number of amides is 2. The van der Waals surface area contributed by atoms with Crippen LogP contribution in [0.1, 0.15) is 44.6 Å². The van der Waals surface area contributed by atoms with Gasteiger partial charge >= 0.3 is 0 Å². The van der Waals surface area contributed by atoms with Crippen LogP contribution in [-0.4, -0.2) is 36.3 Å². The van der Waals surface area contributed by atoms with E-state index in [4.69, 9.17) is 0 Å². The van der Waals surface area contributed by atoms with Crippen LogP contribution in [0.25, 0.3) is 0 Å². The molecule has 0 unspecified atom stereocenters. The zero-order valence-corrected chi connectivity index (χ0v) is 14.1. The topological polar surface area (TPSA) is 49.4 Å². The Hall–Kier alpha value is -1.84. The second-order valence-electron chi connectivity index (χ2n) is 6.32. The second-order valence-corrected chi connectivity index (χ2v) is 6.32. The van der Waals surface area contributed by atoms with E-state index in [1.54, 1.807) is 0 Å². The minimum Gasteiger partial charge on any atom is -0.356 e. The summed E-state index contributed by atoms with van der Waals surface area (Å²) < 4.78 is 0. The van der Waals surface area contributed by atoms with Gasteiger partial charge in [-0.15, -0.1) is 0 Å². The first-order chi connectivity index (χ1) is 11.2. The van der Waals surface area contributed by atoms with Gasteiger partial charge in [-0.05, 0) is 24.8 Å². The van der Waals surface area contributed by atoms with Crippen molar-refractivity contribution in [3.8, 4) is 0 Å². The molecule has 1 fully saturated rings. The lowest BCUT2D eigenvalue weighted by atomic mass is 9.95. The number of nitrogens with one attached hydrogen (secondary N) is 1. The molecule has 1 aromatic carbocycles. The summed E-state index contributed by atoms with van der Waals surface area (Å²) in [7, 11) is 0. The van der Waals surface area contributed by atoms with Crippen molar-refractivity contribution >= 4 is 11.8 Å². The van der Waals surface area contributed by atoms with Gasteiger partial charge in [0, 0.05) is 25.6 Å². The second kappa shape index (κ2) is 9.33. The Balaban J connectivity index is 1.70. The molecule has 0 aliphatic carbocycles. The molecule has 1 N–H and O–H groups in total. The fraction of sp³-hybridized carbons (Fsp3) is 0.579. The number of rotatable bonds is 7. The summed E-state index contributed by atoms with van der Waals surface area (Å²) in [5.74, 6) is 0.395. The van der Waals surface area contributed by atoms with E-state index in [9.17, 15) is 9.59 Å². The molecule has 0 atom stereocenters. The van der Waals surface area contributed by atoms with Gasteiger partial charge in [0.1, 0.15) is 0 Å². The standard InChI is InChI=1S/C19H28N2O2/c1-2-3-7-12-20-19(23)17-10-13-21(14-11-17)18(22)15-16-8-5-4-6-9-16/h4-6,8-9,17H,2-3,7,10-15H2,1H3,(H,20,23). The highest BCUT2D eigenvalue weighted by molar-refractivity contribution is 5.81. The average molecular weight is 316 g/mol. The fourth-order valence-electron chi connectivity index (χ4n) is 3.00. The lowest BCUT2D eigenvalue weighted by molar-refractivity contribution is -0.135. The maximum absolute atomic E-state index is 12.3. The van der Waals surface area contributed by atoms with Gasteiger partial charge in [-0.25, -0.2) is 0 Å². The van der Waals surface area contributed by atoms with Crippen molar-refractivity contribution in [2.45, 2.75) is 45.4 Å². The van der Waals surface area contributed by atoms with E-state index in [0.29, 0.717) is 19.5 Å². The molecule has 0 radical (unpaired) electrons. The Labute approximate surface area is 139 Å². The highest BCUT2D eigenvalue weighted by Crippen LogP contribution is 2.18. The lowest BCUT2D eigenvalue weighted by Crippen LogP contribution is -2.43. The van der Waals surface area contributed by atoms with Crippen molar-refractivity contribution in [3.63, 3.8) is 0 Å². The molecule has 126 valence electrons. The quantitative estimate of drug-likeness (QED) is 0.786. The smallest absolute Gasteiger partial charge is 0.226 e. The van der Waals surface area contributed by atoms with Gasteiger partial charge in [-0.2, -0.15) is 0 Å². The van der Waals surface area contributed by atoms with Crippen molar-refractivity contribution in [1.82, 2.24) is 10.2 Å². The molecule has 4 heteroatoms. The van der Waals surface area contributed by atoms with Crippen molar-refractivity contribution in [3.05, 3.63) is 35.9 Å². The maximum atomic E-state index is 12.3. The molecule has 1 aliphatic rings. The number of benzene rings is 1. The molecule has 2 amide bonds. The molecule has 1 aliphatic heterocycles. The Morgan fingerprint density at radius 2 is 1.83 bits per heavy atom. The van der Waals surface area contributed by atoms with Gasteiger partial charge in [-0.1, -0.05) is 50.1 Å². The van der Waals surface area contributed by atoms with Crippen LogP contribution in [0.2, 0.25) is 0 Å².